The van der Waals surface area contributed by atoms with Crippen molar-refractivity contribution in [1.29, 1.82) is 0 Å². The van der Waals surface area contributed by atoms with Gasteiger partial charge in [0.2, 0.25) is 0 Å². The highest BCUT2D eigenvalue weighted by molar-refractivity contribution is 6.33. The molecule has 0 aromatic heterocycles. The summed E-state index contributed by atoms with van der Waals surface area (Å²) in [6.45, 7) is 7.22. The average Bonchev–Trinajstić information content (AvgIpc) is 2.62. The molecule has 104 valence electrons. The van der Waals surface area contributed by atoms with Crippen molar-refractivity contribution in [1.82, 2.24) is 0 Å². The monoisotopic (exact) mass is 282 g/mol. The Balaban J connectivity index is 2.43. The lowest BCUT2D eigenvalue weighted by molar-refractivity contribution is -0.123. The molecule has 1 heterocycles. The van der Waals surface area contributed by atoms with Gasteiger partial charge in [-0.2, -0.15) is 0 Å². The number of carbonyl (C=O) groups is 1. The van der Waals surface area contributed by atoms with Gasteiger partial charge >= 0.3 is 0 Å². The number of rotatable bonds is 4. The fourth-order valence-corrected chi connectivity index (χ4v) is 2.65. The molecule has 2 rings (SSSR count). The summed E-state index contributed by atoms with van der Waals surface area (Å²) < 4.78 is 0. The number of halogens is 1. The van der Waals surface area contributed by atoms with Crippen LogP contribution >= 0.6 is 11.6 Å². The first-order valence-electron chi connectivity index (χ1n) is 6.54. The molecule has 0 bridgehead atoms. The molecule has 5 heteroatoms. The van der Waals surface area contributed by atoms with Crippen LogP contribution < -0.4 is 10.2 Å². The Kier molecular flexibility index (Phi) is 4.02. The quantitative estimate of drug-likeness (QED) is 0.893. The van der Waals surface area contributed by atoms with Crippen LogP contribution in [0.4, 0.5) is 11.4 Å². The number of hydrogen-bond donors (Lipinski definition) is 2. The van der Waals surface area contributed by atoms with Gasteiger partial charge in [-0.3, -0.25) is 4.79 Å². The van der Waals surface area contributed by atoms with Crippen LogP contribution in [0.25, 0.3) is 0 Å². The lowest BCUT2D eigenvalue weighted by atomic mass is 10.1. The predicted molar refractivity (Wildman–Crippen MR) is 77.8 cm³/mol. The maximum absolute atomic E-state index is 11.5. The summed E-state index contributed by atoms with van der Waals surface area (Å²) in [6.07, 6.45) is -0.0964. The minimum Gasteiger partial charge on any atom is -0.378 e. The van der Waals surface area contributed by atoms with E-state index in [0.717, 1.165) is 18.7 Å². The fraction of sp³-hybridized carbons (Fsp3) is 0.500. The van der Waals surface area contributed by atoms with E-state index in [0.29, 0.717) is 22.3 Å². The van der Waals surface area contributed by atoms with Crippen molar-refractivity contribution in [3.8, 4) is 0 Å². The van der Waals surface area contributed by atoms with E-state index in [9.17, 15) is 9.90 Å². The van der Waals surface area contributed by atoms with Crippen LogP contribution in [-0.4, -0.2) is 23.6 Å². The molecule has 1 aromatic rings. The highest BCUT2D eigenvalue weighted by Gasteiger charge is 2.30. The third kappa shape index (κ3) is 2.55. The standard InChI is InChI=1S/C14H19ClN2O2/c1-4-5-17(8(2)3)12-7-11-9(6-10(12)15)13(18)14(19)16-11/h6-8,13,18H,4-5H2,1-3H3,(H,16,19). The van der Waals surface area contributed by atoms with E-state index in [4.69, 9.17) is 11.6 Å². The molecule has 0 fully saturated rings. The molecule has 0 saturated heterocycles. The lowest BCUT2D eigenvalue weighted by Gasteiger charge is -2.30. The molecule has 0 radical (unpaired) electrons. The van der Waals surface area contributed by atoms with E-state index in [2.05, 4.69) is 31.0 Å². The Bertz CT molecular complexity index is 502. The number of fused-ring (bicyclic) bond motifs is 1. The molecule has 0 saturated carbocycles. The van der Waals surface area contributed by atoms with E-state index in [1.807, 2.05) is 6.07 Å². The normalized spacial score (nSPS) is 17.6. The Morgan fingerprint density at radius 1 is 1.47 bits per heavy atom. The topological polar surface area (TPSA) is 52.6 Å². The van der Waals surface area contributed by atoms with E-state index >= 15 is 0 Å². The minimum atomic E-state index is -1.11. The number of aliphatic hydroxyl groups excluding tert-OH is 1. The van der Waals surface area contributed by atoms with Crippen molar-refractivity contribution >= 4 is 28.9 Å². The van der Waals surface area contributed by atoms with Gasteiger partial charge in [-0.1, -0.05) is 18.5 Å². The average molecular weight is 283 g/mol. The maximum Gasteiger partial charge on any atom is 0.257 e. The first kappa shape index (κ1) is 14.2. The molecule has 1 amide bonds. The Hall–Kier alpha value is -1.26. The highest BCUT2D eigenvalue weighted by Crippen LogP contribution is 2.39. The van der Waals surface area contributed by atoms with Crippen LogP contribution in [0.3, 0.4) is 0 Å². The van der Waals surface area contributed by atoms with Crippen molar-refractivity contribution in [2.75, 3.05) is 16.8 Å². The summed E-state index contributed by atoms with van der Waals surface area (Å²) in [5.41, 5.74) is 2.10. The number of aliphatic hydroxyl groups is 1. The molecule has 1 unspecified atom stereocenters. The molecular formula is C14H19ClN2O2. The Morgan fingerprint density at radius 2 is 2.16 bits per heavy atom. The number of anilines is 2. The molecule has 4 nitrogen and oxygen atoms in total. The zero-order valence-electron chi connectivity index (χ0n) is 11.4. The molecule has 0 aliphatic carbocycles. The van der Waals surface area contributed by atoms with Crippen LogP contribution in [0.5, 0.6) is 0 Å². The molecule has 1 aliphatic heterocycles. The minimum absolute atomic E-state index is 0.317. The van der Waals surface area contributed by atoms with Gasteiger partial charge in [0.1, 0.15) is 0 Å². The largest absolute Gasteiger partial charge is 0.378 e. The molecular weight excluding hydrogens is 264 g/mol. The molecule has 1 aliphatic rings. The van der Waals surface area contributed by atoms with Crippen molar-refractivity contribution < 1.29 is 9.90 Å². The van der Waals surface area contributed by atoms with E-state index < -0.39 is 12.0 Å². The third-order valence-corrected chi connectivity index (χ3v) is 3.62. The van der Waals surface area contributed by atoms with E-state index in [-0.39, 0.29) is 0 Å². The van der Waals surface area contributed by atoms with Gasteiger partial charge in [-0.05, 0) is 32.4 Å². The summed E-state index contributed by atoms with van der Waals surface area (Å²) in [5.74, 6) is -0.394. The maximum atomic E-state index is 11.5. The zero-order valence-corrected chi connectivity index (χ0v) is 12.2. The van der Waals surface area contributed by atoms with Gasteiger partial charge in [0, 0.05) is 23.8 Å². The molecule has 1 aromatic carbocycles. The molecule has 1 atom stereocenters. The lowest BCUT2D eigenvalue weighted by Crippen LogP contribution is -2.31. The second-order valence-corrected chi connectivity index (χ2v) is 5.48. The van der Waals surface area contributed by atoms with Crippen LogP contribution in [-0.2, 0) is 4.79 Å². The SMILES string of the molecule is CCCN(c1cc2c(cc1Cl)C(O)C(=O)N2)C(C)C. The number of amides is 1. The number of hydrogen-bond acceptors (Lipinski definition) is 3. The van der Waals surface area contributed by atoms with Gasteiger partial charge in [-0.15, -0.1) is 0 Å². The molecule has 2 N–H and O–H groups in total. The third-order valence-electron chi connectivity index (χ3n) is 3.32. The van der Waals surface area contributed by atoms with Gasteiger partial charge in [0.05, 0.1) is 10.7 Å². The number of nitrogens with one attached hydrogen (secondary N) is 1. The van der Waals surface area contributed by atoms with Gasteiger partial charge in [0.25, 0.3) is 5.91 Å². The predicted octanol–water partition coefficient (Wildman–Crippen LogP) is 2.95. The second-order valence-electron chi connectivity index (χ2n) is 5.07. The fourth-order valence-electron chi connectivity index (χ4n) is 2.37. The first-order chi connectivity index (χ1) is 8.95. The van der Waals surface area contributed by atoms with Crippen molar-refractivity contribution in [3.63, 3.8) is 0 Å². The van der Waals surface area contributed by atoms with Gasteiger partial charge in [-0.25, -0.2) is 0 Å². The second kappa shape index (κ2) is 5.39. The number of nitrogens with zero attached hydrogens (tertiary/aromatic N) is 1. The van der Waals surface area contributed by atoms with Crippen LogP contribution in [0, 0.1) is 0 Å². The Labute approximate surface area is 118 Å². The van der Waals surface area contributed by atoms with Gasteiger partial charge in [0.15, 0.2) is 6.10 Å². The molecule has 19 heavy (non-hydrogen) atoms. The number of benzene rings is 1. The summed E-state index contributed by atoms with van der Waals surface area (Å²) >= 11 is 6.30. The molecule has 0 spiro atoms. The first-order valence-corrected chi connectivity index (χ1v) is 6.92. The van der Waals surface area contributed by atoms with Crippen LogP contribution in [0.1, 0.15) is 38.9 Å². The van der Waals surface area contributed by atoms with Crippen molar-refractivity contribution in [2.45, 2.75) is 39.3 Å². The van der Waals surface area contributed by atoms with Crippen LogP contribution in [0.15, 0.2) is 12.1 Å². The Morgan fingerprint density at radius 3 is 2.74 bits per heavy atom. The van der Waals surface area contributed by atoms with E-state index in [1.54, 1.807) is 6.07 Å². The van der Waals surface area contributed by atoms with Crippen molar-refractivity contribution in [2.24, 2.45) is 0 Å². The van der Waals surface area contributed by atoms with Gasteiger partial charge < -0.3 is 15.3 Å². The summed E-state index contributed by atoms with van der Waals surface area (Å²) in [5, 5.41) is 13.0. The summed E-state index contributed by atoms with van der Waals surface area (Å²) in [7, 11) is 0. The van der Waals surface area contributed by atoms with Crippen LogP contribution in [0.2, 0.25) is 5.02 Å². The van der Waals surface area contributed by atoms with Crippen molar-refractivity contribution in [3.05, 3.63) is 22.7 Å². The highest BCUT2D eigenvalue weighted by atomic mass is 35.5. The van der Waals surface area contributed by atoms with E-state index in [1.165, 1.54) is 0 Å². The summed E-state index contributed by atoms with van der Waals surface area (Å²) in [4.78, 5) is 13.7. The summed E-state index contributed by atoms with van der Waals surface area (Å²) in [6, 6.07) is 3.85. The zero-order chi connectivity index (χ0) is 14.2. The number of carbonyl (C=O) groups excluding carboxylic acids is 1. The smallest absolute Gasteiger partial charge is 0.257 e.